The smallest absolute Gasteiger partial charge is 0.224 e. The highest BCUT2D eigenvalue weighted by Crippen LogP contribution is 2.21. The fourth-order valence-corrected chi connectivity index (χ4v) is 2.15. The number of aliphatic hydroxyl groups is 1. The predicted octanol–water partition coefficient (Wildman–Crippen LogP) is 2.46. The van der Waals surface area contributed by atoms with Gasteiger partial charge in [-0.25, -0.2) is 0 Å². The third-order valence-electron chi connectivity index (χ3n) is 3.35. The molecule has 112 valence electrons. The van der Waals surface area contributed by atoms with Crippen LogP contribution in [0.15, 0.2) is 40.8 Å². The van der Waals surface area contributed by atoms with Crippen molar-refractivity contribution in [3.8, 4) is 0 Å². The van der Waals surface area contributed by atoms with E-state index >= 15 is 0 Å². The van der Waals surface area contributed by atoms with Gasteiger partial charge in [-0.3, -0.25) is 4.79 Å². The molecule has 1 aromatic carbocycles. The van der Waals surface area contributed by atoms with Crippen molar-refractivity contribution < 1.29 is 14.3 Å². The Kier molecular flexibility index (Phi) is 4.48. The molecule has 2 aromatic rings. The second-order valence-electron chi connectivity index (χ2n) is 5.63. The van der Waals surface area contributed by atoms with Gasteiger partial charge in [0, 0.05) is 0 Å². The van der Waals surface area contributed by atoms with E-state index in [2.05, 4.69) is 5.32 Å². The van der Waals surface area contributed by atoms with Crippen LogP contribution in [-0.2, 0) is 16.8 Å². The van der Waals surface area contributed by atoms with E-state index in [9.17, 15) is 9.90 Å². The molecule has 1 aromatic heterocycles. The Labute approximate surface area is 124 Å². The Hall–Kier alpha value is -2.07. The van der Waals surface area contributed by atoms with Crippen molar-refractivity contribution in [2.75, 3.05) is 6.54 Å². The second kappa shape index (κ2) is 6.14. The summed E-state index contributed by atoms with van der Waals surface area (Å²) in [7, 11) is 0. The van der Waals surface area contributed by atoms with Crippen molar-refractivity contribution >= 4 is 5.91 Å². The fraction of sp³-hybridized carbons (Fsp3) is 0.353. The number of carbonyl (C=O) groups excluding carboxylic acids is 1. The maximum absolute atomic E-state index is 12.0. The molecule has 0 spiro atoms. The normalized spacial score (nSPS) is 13.7. The number of nitrogens with one attached hydrogen (secondary N) is 1. The van der Waals surface area contributed by atoms with Gasteiger partial charge in [-0.15, -0.1) is 0 Å². The largest absolute Gasteiger partial charge is 0.463 e. The van der Waals surface area contributed by atoms with E-state index in [4.69, 9.17) is 4.42 Å². The van der Waals surface area contributed by atoms with Gasteiger partial charge in [0.15, 0.2) is 0 Å². The van der Waals surface area contributed by atoms with Gasteiger partial charge in [0.05, 0.1) is 13.0 Å². The number of aryl methyl sites for hydroxylation is 2. The minimum atomic E-state index is -1.21. The summed E-state index contributed by atoms with van der Waals surface area (Å²) >= 11 is 0. The van der Waals surface area contributed by atoms with Crippen LogP contribution < -0.4 is 5.32 Å². The van der Waals surface area contributed by atoms with Crippen molar-refractivity contribution in [3.63, 3.8) is 0 Å². The molecule has 2 rings (SSSR count). The number of furan rings is 1. The summed E-state index contributed by atoms with van der Waals surface area (Å²) in [5, 5.41) is 13.1. The maximum Gasteiger partial charge on any atom is 0.224 e. The third kappa shape index (κ3) is 4.20. The first kappa shape index (κ1) is 15.3. The van der Waals surface area contributed by atoms with Crippen LogP contribution in [0.2, 0.25) is 0 Å². The molecule has 1 heterocycles. The summed E-state index contributed by atoms with van der Waals surface area (Å²) < 4.78 is 5.41. The van der Waals surface area contributed by atoms with E-state index in [0.717, 1.165) is 16.9 Å². The monoisotopic (exact) mass is 287 g/mol. The SMILES string of the molecule is Cc1cccc(CC(=O)NCC(C)(O)c2ccc(C)o2)c1. The highest BCUT2D eigenvalue weighted by Gasteiger charge is 2.27. The average molecular weight is 287 g/mol. The van der Waals surface area contributed by atoms with Crippen LogP contribution >= 0.6 is 0 Å². The van der Waals surface area contributed by atoms with Crippen molar-refractivity contribution in [1.82, 2.24) is 5.32 Å². The standard InChI is InChI=1S/C17H21NO3/c1-12-5-4-6-14(9-12)10-16(19)18-11-17(3,20)15-8-7-13(2)21-15/h4-9,20H,10-11H2,1-3H3,(H,18,19). The molecule has 0 aliphatic heterocycles. The Morgan fingerprint density at radius 1 is 1.29 bits per heavy atom. The lowest BCUT2D eigenvalue weighted by atomic mass is 10.0. The average Bonchev–Trinajstić information content (AvgIpc) is 2.84. The lowest BCUT2D eigenvalue weighted by Gasteiger charge is -2.21. The first-order valence-electron chi connectivity index (χ1n) is 6.98. The predicted molar refractivity (Wildman–Crippen MR) is 80.9 cm³/mol. The Morgan fingerprint density at radius 2 is 2.05 bits per heavy atom. The molecule has 0 fully saturated rings. The highest BCUT2D eigenvalue weighted by atomic mass is 16.4. The van der Waals surface area contributed by atoms with Gasteiger partial charge in [-0.1, -0.05) is 29.8 Å². The van der Waals surface area contributed by atoms with Crippen molar-refractivity contribution in [3.05, 3.63) is 59.0 Å². The van der Waals surface area contributed by atoms with Gasteiger partial charge in [-0.05, 0) is 38.5 Å². The molecular weight excluding hydrogens is 266 g/mol. The molecular formula is C17H21NO3. The van der Waals surface area contributed by atoms with Gasteiger partial charge in [-0.2, -0.15) is 0 Å². The summed E-state index contributed by atoms with van der Waals surface area (Å²) in [5.74, 6) is 1.07. The minimum Gasteiger partial charge on any atom is -0.463 e. The van der Waals surface area contributed by atoms with Gasteiger partial charge in [0.1, 0.15) is 17.1 Å². The number of benzene rings is 1. The topological polar surface area (TPSA) is 62.5 Å². The van der Waals surface area contributed by atoms with Crippen LogP contribution in [0.5, 0.6) is 0 Å². The van der Waals surface area contributed by atoms with Crippen LogP contribution in [0.1, 0.15) is 29.6 Å². The first-order valence-corrected chi connectivity index (χ1v) is 6.98. The zero-order valence-corrected chi connectivity index (χ0v) is 12.6. The lowest BCUT2D eigenvalue weighted by Crippen LogP contribution is -2.39. The quantitative estimate of drug-likeness (QED) is 0.888. The number of hydrogen-bond donors (Lipinski definition) is 2. The van der Waals surface area contributed by atoms with Gasteiger partial charge >= 0.3 is 0 Å². The van der Waals surface area contributed by atoms with E-state index < -0.39 is 5.60 Å². The molecule has 0 aliphatic rings. The molecule has 4 nitrogen and oxygen atoms in total. The number of carbonyl (C=O) groups is 1. The van der Waals surface area contributed by atoms with Crippen LogP contribution in [0.25, 0.3) is 0 Å². The second-order valence-corrected chi connectivity index (χ2v) is 5.63. The van der Waals surface area contributed by atoms with Crippen molar-refractivity contribution in [1.29, 1.82) is 0 Å². The lowest BCUT2D eigenvalue weighted by molar-refractivity contribution is -0.121. The molecule has 1 atom stereocenters. The zero-order valence-electron chi connectivity index (χ0n) is 12.6. The highest BCUT2D eigenvalue weighted by molar-refractivity contribution is 5.78. The Bertz CT molecular complexity index is 628. The molecule has 0 saturated carbocycles. The Morgan fingerprint density at radius 3 is 2.67 bits per heavy atom. The third-order valence-corrected chi connectivity index (χ3v) is 3.35. The number of hydrogen-bond acceptors (Lipinski definition) is 3. The molecule has 2 N–H and O–H groups in total. The number of rotatable bonds is 5. The van der Waals surface area contributed by atoms with Gasteiger partial charge in [0.2, 0.25) is 5.91 Å². The van der Waals surface area contributed by atoms with Crippen molar-refractivity contribution in [2.24, 2.45) is 0 Å². The van der Waals surface area contributed by atoms with E-state index in [-0.39, 0.29) is 12.5 Å². The van der Waals surface area contributed by atoms with Crippen LogP contribution in [-0.4, -0.2) is 17.6 Å². The molecule has 0 bridgehead atoms. The molecule has 1 unspecified atom stereocenters. The molecule has 0 radical (unpaired) electrons. The summed E-state index contributed by atoms with van der Waals surface area (Å²) in [6.45, 7) is 5.55. The summed E-state index contributed by atoms with van der Waals surface area (Å²) in [5.41, 5.74) is 0.871. The van der Waals surface area contributed by atoms with Gasteiger partial charge in [0.25, 0.3) is 0 Å². The number of amides is 1. The van der Waals surface area contributed by atoms with Crippen LogP contribution in [0, 0.1) is 13.8 Å². The minimum absolute atomic E-state index is 0.116. The van der Waals surface area contributed by atoms with Crippen molar-refractivity contribution in [2.45, 2.75) is 32.8 Å². The van der Waals surface area contributed by atoms with E-state index in [1.165, 1.54) is 0 Å². The fourth-order valence-electron chi connectivity index (χ4n) is 2.15. The maximum atomic E-state index is 12.0. The summed E-state index contributed by atoms with van der Waals surface area (Å²) in [6, 6.07) is 11.3. The van der Waals surface area contributed by atoms with Gasteiger partial charge < -0.3 is 14.8 Å². The van der Waals surface area contributed by atoms with Crippen LogP contribution in [0.4, 0.5) is 0 Å². The van der Waals surface area contributed by atoms with E-state index in [1.807, 2.05) is 38.1 Å². The van der Waals surface area contributed by atoms with E-state index in [1.54, 1.807) is 19.1 Å². The molecule has 4 heteroatoms. The summed E-state index contributed by atoms with van der Waals surface area (Å²) in [6.07, 6.45) is 0.301. The zero-order chi connectivity index (χ0) is 15.5. The molecule has 0 saturated heterocycles. The Balaban J connectivity index is 1.91. The molecule has 1 amide bonds. The molecule has 0 aliphatic carbocycles. The first-order chi connectivity index (χ1) is 9.87. The van der Waals surface area contributed by atoms with Crippen LogP contribution in [0.3, 0.4) is 0 Å². The van der Waals surface area contributed by atoms with E-state index in [0.29, 0.717) is 12.2 Å². The summed E-state index contributed by atoms with van der Waals surface area (Å²) in [4.78, 5) is 12.0. The molecule has 21 heavy (non-hydrogen) atoms.